The van der Waals surface area contributed by atoms with E-state index >= 15 is 0 Å². The number of benzene rings is 1. The van der Waals surface area contributed by atoms with Gasteiger partial charge in [0.15, 0.2) is 12.4 Å². The topological polar surface area (TPSA) is 60.8 Å². The largest absolute Gasteiger partial charge is 0.454 e. The molecule has 5 nitrogen and oxygen atoms in total. The summed E-state index contributed by atoms with van der Waals surface area (Å²) >= 11 is 0. The maximum atomic E-state index is 13.0. The van der Waals surface area contributed by atoms with Gasteiger partial charge in [-0.1, -0.05) is 18.2 Å². The molecule has 3 rings (SSSR count). The monoisotopic (exact) mass is 414 g/mol. The van der Waals surface area contributed by atoms with Crippen molar-refractivity contribution in [3.05, 3.63) is 65.7 Å². The molecule has 0 aliphatic rings. The first-order chi connectivity index (χ1) is 13.6. The van der Waals surface area contributed by atoms with Crippen LogP contribution in [-0.2, 0) is 12.6 Å². The lowest BCUT2D eigenvalue weighted by Crippen LogP contribution is -2.20. The van der Waals surface area contributed by atoms with E-state index in [0.29, 0.717) is 5.56 Å². The van der Waals surface area contributed by atoms with Crippen molar-refractivity contribution >= 4 is 0 Å². The number of pyridine rings is 1. The summed E-state index contributed by atoms with van der Waals surface area (Å²) in [5.41, 5.74) is -0.330. The van der Waals surface area contributed by atoms with Crippen molar-refractivity contribution in [3.8, 4) is 17.4 Å². The average molecular weight is 414 g/mol. The summed E-state index contributed by atoms with van der Waals surface area (Å²) in [5.74, 6) is -0.209. The third-order valence-corrected chi connectivity index (χ3v) is 3.56. The molecular weight excluding hydrogens is 402 g/mol. The van der Waals surface area contributed by atoms with E-state index in [1.54, 1.807) is 12.1 Å². The highest BCUT2D eigenvalue weighted by atomic mass is 19.4. The molecule has 2 aromatic heterocycles. The first kappa shape index (κ1) is 20.5. The Morgan fingerprint density at radius 3 is 2.34 bits per heavy atom. The molecule has 0 aliphatic carbocycles. The number of hydrogen-bond donors (Lipinski definition) is 0. The molecule has 0 radical (unpaired) electrons. The number of hydrogen-bond acceptors (Lipinski definition) is 5. The Labute approximate surface area is 160 Å². The molecule has 0 aliphatic heterocycles. The van der Waals surface area contributed by atoms with Crippen molar-refractivity contribution in [1.82, 2.24) is 19.9 Å². The minimum Gasteiger partial charge on any atom is -0.454 e. The van der Waals surface area contributed by atoms with Gasteiger partial charge in [0, 0.05) is 24.4 Å². The van der Waals surface area contributed by atoms with E-state index in [1.165, 1.54) is 18.5 Å². The minimum absolute atomic E-state index is 0.0255. The fraction of sp³-hybridized carbons (Fsp3) is 0.222. The van der Waals surface area contributed by atoms with E-state index in [0.717, 1.165) is 18.2 Å². The van der Waals surface area contributed by atoms with Crippen LogP contribution in [0.25, 0.3) is 11.4 Å². The molecule has 0 N–H and O–H groups in total. The van der Waals surface area contributed by atoms with E-state index < -0.39 is 30.5 Å². The Bertz CT molecular complexity index is 976. The van der Waals surface area contributed by atoms with Crippen molar-refractivity contribution in [2.45, 2.75) is 18.8 Å². The Morgan fingerprint density at radius 2 is 1.69 bits per heavy atom. The van der Waals surface area contributed by atoms with Crippen LogP contribution in [0.15, 0.2) is 48.8 Å². The van der Waals surface area contributed by atoms with E-state index in [1.807, 2.05) is 0 Å². The molecule has 0 atom stereocenters. The maximum absolute atomic E-state index is 13.0. The first-order valence-electron chi connectivity index (χ1n) is 8.11. The average Bonchev–Trinajstić information content (AvgIpc) is 2.66. The Morgan fingerprint density at radius 1 is 0.897 bits per heavy atom. The molecule has 0 saturated heterocycles. The summed E-state index contributed by atoms with van der Waals surface area (Å²) in [7, 11) is 0. The molecule has 29 heavy (non-hydrogen) atoms. The van der Waals surface area contributed by atoms with Crippen LogP contribution in [0.5, 0.6) is 6.01 Å². The van der Waals surface area contributed by atoms with Gasteiger partial charge >= 0.3 is 18.4 Å². The van der Waals surface area contributed by atoms with Crippen LogP contribution in [0, 0.1) is 0 Å². The van der Waals surface area contributed by atoms with Crippen LogP contribution < -0.4 is 4.74 Å². The molecule has 3 aromatic rings. The quantitative estimate of drug-likeness (QED) is 0.576. The fourth-order valence-electron chi connectivity index (χ4n) is 2.34. The van der Waals surface area contributed by atoms with Crippen molar-refractivity contribution in [2.24, 2.45) is 0 Å². The molecule has 0 bridgehead atoms. The summed E-state index contributed by atoms with van der Waals surface area (Å²) in [6.45, 7) is -1.65. The molecule has 0 saturated carbocycles. The van der Waals surface area contributed by atoms with E-state index in [9.17, 15) is 26.3 Å². The lowest BCUT2D eigenvalue weighted by atomic mass is 10.1. The molecule has 0 spiro atoms. The standard InChI is InChI=1S/C18H12F6N4O/c19-17(20,21)10-29-16-27-14(7-11-3-2-6-25-9-11)26-15(28-16)12-4-1-5-13(8-12)18(22,23)24/h1-6,8-9H,7,10H2. The van der Waals surface area contributed by atoms with E-state index in [-0.39, 0.29) is 23.6 Å². The third kappa shape index (κ3) is 5.87. The number of nitrogens with zero attached hydrogens (tertiary/aromatic N) is 4. The smallest absolute Gasteiger partial charge is 0.422 e. The van der Waals surface area contributed by atoms with Gasteiger partial charge in [0.05, 0.1) is 5.56 Å². The third-order valence-electron chi connectivity index (χ3n) is 3.56. The zero-order chi connectivity index (χ0) is 21.1. The van der Waals surface area contributed by atoms with Crippen molar-refractivity contribution in [1.29, 1.82) is 0 Å². The van der Waals surface area contributed by atoms with Crippen LogP contribution in [0.1, 0.15) is 17.0 Å². The van der Waals surface area contributed by atoms with Gasteiger partial charge in [0.2, 0.25) is 0 Å². The minimum atomic E-state index is -4.63. The van der Waals surface area contributed by atoms with Crippen molar-refractivity contribution < 1.29 is 31.1 Å². The van der Waals surface area contributed by atoms with Crippen molar-refractivity contribution in [2.75, 3.05) is 6.61 Å². The van der Waals surface area contributed by atoms with Gasteiger partial charge < -0.3 is 4.74 Å². The van der Waals surface area contributed by atoms with Crippen LogP contribution in [-0.4, -0.2) is 32.7 Å². The predicted octanol–water partition coefficient (Wildman–Crippen LogP) is 4.48. The highest BCUT2D eigenvalue weighted by Gasteiger charge is 2.31. The molecule has 0 amide bonds. The van der Waals surface area contributed by atoms with Gasteiger partial charge in [0.25, 0.3) is 0 Å². The number of alkyl halides is 6. The molecule has 152 valence electrons. The number of halogens is 6. The summed E-state index contributed by atoms with van der Waals surface area (Å²) in [6.07, 6.45) is -6.12. The van der Waals surface area contributed by atoms with Gasteiger partial charge in [-0.2, -0.15) is 36.3 Å². The number of rotatable bonds is 5. The summed E-state index contributed by atoms with van der Waals surface area (Å²) in [5, 5.41) is 0. The second kappa shape index (κ2) is 8.02. The molecule has 2 heterocycles. The predicted molar refractivity (Wildman–Crippen MR) is 88.9 cm³/mol. The number of aromatic nitrogens is 4. The van der Waals surface area contributed by atoms with E-state index in [4.69, 9.17) is 0 Å². The van der Waals surface area contributed by atoms with Crippen LogP contribution in [0.3, 0.4) is 0 Å². The molecule has 1 aromatic carbocycles. The normalized spacial score (nSPS) is 12.1. The maximum Gasteiger partial charge on any atom is 0.422 e. The lowest BCUT2D eigenvalue weighted by molar-refractivity contribution is -0.154. The van der Waals surface area contributed by atoms with Gasteiger partial charge in [-0.15, -0.1) is 0 Å². The van der Waals surface area contributed by atoms with Crippen LogP contribution in [0.4, 0.5) is 26.3 Å². The summed E-state index contributed by atoms with van der Waals surface area (Å²) in [6, 6.07) is 6.83. The zero-order valence-electron chi connectivity index (χ0n) is 14.5. The summed E-state index contributed by atoms with van der Waals surface area (Å²) < 4.78 is 80.9. The van der Waals surface area contributed by atoms with Crippen molar-refractivity contribution in [3.63, 3.8) is 0 Å². The highest BCUT2D eigenvalue weighted by Crippen LogP contribution is 2.31. The zero-order valence-corrected chi connectivity index (χ0v) is 14.5. The van der Waals surface area contributed by atoms with E-state index in [2.05, 4.69) is 24.7 Å². The van der Waals surface area contributed by atoms with Gasteiger partial charge in [-0.05, 0) is 23.8 Å². The molecular formula is C18H12F6N4O. The van der Waals surface area contributed by atoms with Crippen LogP contribution in [0.2, 0.25) is 0 Å². The SMILES string of the molecule is FC(F)(F)COc1nc(Cc2cccnc2)nc(-c2cccc(C(F)(F)F)c2)n1. The molecule has 0 fully saturated rings. The first-order valence-corrected chi connectivity index (χ1v) is 8.11. The summed E-state index contributed by atoms with van der Waals surface area (Å²) in [4.78, 5) is 15.6. The van der Waals surface area contributed by atoms with Gasteiger partial charge in [-0.25, -0.2) is 4.98 Å². The molecule has 11 heteroatoms. The van der Waals surface area contributed by atoms with Gasteiger partial charge in [-0.3, -0.25) is 4.98 Å². The van der Waals surface area contributed by atoms with Crippen LogP contribution >= 0.6 is 0 Å². The van der Waals surface area contributed by atoms with Gasteiger partial charge in [0.1, 0.15) is 5.82 Å². The Balaban J connectivity index is 2.00. The lowest BCUT2D eigenvalue weighted by Gasteiger charge is -2.11. The Hall–Kier alpha value is -3.24. The second-order valence-corrected chi connectivity index (χ2v) is 5.88. The second-order valence-electron chi connectivity index (χ2n) is 5.88. The Kier molecular flexibility index (Phi) is 5.66. The fourth-order valence-corrected chi connectivity index (χ4v) is 2.34. The number of ether oxygens (including phenoxy) is 1. The molecule has 0 unspecified atom stereocenters. The highest BCUT2D eigenvalue weighted by molar-refractivity contribution is 5.56.